The summed E-state index contributed by atoms with van der Waals surface area (Å²) in [4.78, 5) is 16.0. The molecule has 0 saturated heterocycles. The van der Waals surface area contributed by atoms with Crippen molar-refractivity contribution in [3.8, 4) is 5.69 Å². The molecule has 0 saturated carbocycles. The van der Waals surface area contributed by atoms with Gasteiger partial charge in [-0.25, -0.2) is 9.48 Å². The molecule has 0 spiro atoms. The quantitative estimate of drug-likeness (QED) is 0.631. The van der Waals surface area contributed by atoms with Crippen LogP contribution in [0.15, 0.2) is 35.5 Å². The molecule has 0 atom stereocenters. The van der Waals surface area contributed by atoms with Crippen molar-refractivity contribution >= 4 is 11.7 Å². The van der Waals surface area contributed by atoms with Crippen molar-refractivity contribution in [1.29, 1.82) is 0 Å². The molecule has 0 unspecified atom stereocenters. The van der Waals surface area contributed by atoms with Gasteiger partial charge in [-0.3, -0.25) is 0 Å². The second-order valence-corrected chi connectivity index (χ2v) is 6.79. The zero-order valence-corrected chi connectivity index (χ0v) is 14.0. The molecule has 3 rings (SSSR count). The van der Waals surface area contributed by atoms with Crippen molar-refractivity contribution < 1.29 is 9.63 Å². The van der Waals surface area contributed by atoms with Crippen molar-refractivity contribution in [2.24, 2.45) is 10.6 Å². The van der Waals surface area contributed by atoms with E-state index >= 15 is 0 Å². The van der Waals surface area contributed by atoms with Crippen LogP contribution < -0.4 is 0 Å². The highest BCUT2D eigenvalue weighted by atomic mass is 16.7. The SMILES string of the molecule is CC(=O)O/N=C1\CC(C)(C)Cc2c1c(C)nn2-c1ccccc1. The Bertz CT molecular complexity index is 773. The van der Waals surface area contributed by atoms with Crippen LogP contribution in [-0.4, -0.2) is 21.5 Å². The number of rotatable bonds is 2. The molecule has 1 aromatic heterocycles. The van der Waals surface area contributed by atoms with Crippen molar-refractivity contribution in [3.63, 3.8) is 0 Å². The molecule has 23 heavy (non-hydrogen) atoms. The number of aromatic nitrogens is 2. The lowest BCUT2D eigenvalue weighted by atomic mass is 9.75. The van der Waals surface area contributed by atoms with Gasteiger partial charge >= 0.3 is 5.97 Å². The van der Waals surface area contributed by atoms with Gasteiger partial charge in [-0.15, -0.1) is 0 Å². The van der Waals surface area contributed by atoms with E-state index in [1.165, 1.54) is 6.92 Å². The Kier molecular flexibility index (Phi) is 3.80. The molecule has 5 nitrogen and oxygen atoms in total. The minimum absolute atomic E-state index is 0.0327. The minimum Gasteiger partial charge on any atom is -0.318 e. The first-order valence-corrected chi connectivity index (χ1v) is 7.76. The Balaban J connectivity index is 2.15. The van der Waals surface area contributed by atoms with Gasteiger partial charge < -0.3 is 4.84 Å². The van der Waals surface area contributed by atoms with Gasteiger partial charge in [0.1, 0.15) is 0 Å². The second kappa shape index (κ2) is 5.65. The van der Waals surface area contributed by atoms with Crippen LogP contribution >= 0.6 is 0 Å². The summed E-state index contributed by atoms with van der Waals surface area (Å²) >= 11 is 0. The smallest absolute Gasteiger partial charge is 0.318 e. The van der Waals surface area contributed by atoms with E-state index < -0.39 is 5.97 Å². The molecule has 1 aliphatic rings. The van der Waals surface area contributed by atoms with Crippen LogP contribution in [0.5, 0.6) is 0 Å². The van der Waals surface area contributed by atoms with Crippen LogP contribution in [0.3, 0.4) is 0 Å². The molecule has 0 fully saturated rings. The fraction of sp³-hybridized carbons (Fsp3) is 0.389. The molecule has 1 aromatic carbocycles. The van der Waals surface area contributed by atoms with Crippen molar-refractivity contribution in [2.75, 3.05) is 0 Å². The molecular weight excluding hydrogens is 290 g/mol. The number of carbonyl (C=O) groups excluding carboxylic acids is 1. The van der Waals surface area contributed by atoms with Crippen LogP contribution in [0, 0.1) is 12.3 Å². The third-order valence-corrected chi connectivity index (χ3v) is 4.02. The van der Waals surface area contributed by atoms with E-state index in [0.29, 0.717) is 0 Å². The maximum absolute atomic E-state index is 11.1. The maximum Gasteiger partial charge on any atom is 0.331 e. The Morgan fingerprint density at radius 3 is 2.61 bits per heavy atom. The number of benzene rings is 1. The van der Waals surface area contributed by atoms with Gasteiger partial charge in [0.25, 0.3) is 0 Å². The number of fused-ring (bicyclic) bond motifs is 1. The second-order valence-electron chi connectivity index (χ2n) is 6.79. The number of aryl methyl sites for hydroxylation is 1. The van der Waals surface area contributed by atoms with Crippen LogP contribution in [0.25, 0.3) is 5.69 Å². The number of oxime groups is 1. The van der Waals surface area contributed by atoms with Gasteiger partial charge in [0.15, 0.2) is 0 Å². The van der Waals surface area contributed by atoms with Gasteiger partial charge in [0.05, 0.1) is 22.8 Å². The summed E-state index contributed by atoms with van der Waals surface area (Å²) in [6.07, 6.45) is 1.66. The molecule has 1 heterocycles. The third-order valence-electron chi connectivity index (χ3n) is 4.02. The highest BCUT2D eigenvalue weighted by molar-refractivity contribution is 6.04. The van der Waals surface area contributed by atoms with E-state index in [1.54, 1.807) is 0 Å². The van der Waals surface area contributed by atoms with Gasteiger partial charge in [-0.2, -0.15) is 5.10 Å². The minimum atomic E-state index is -0.407. The van der Waals surface area contributed by atoms with E-state index in [9.17, 15) is 4.79 Å². The average Bonchev–Trinajstić information content (AvgIpc) is 2.81. The number of carbonyl (C=O) groups is 1. The Morgan fingerprint density at radius 1 is 1.26 bits per heavy atom. The molecule has 0 amide bonds. The highest BCUT2D eigenvalue weighted by Crippen LogP contribution is 2.37. The summed E-state index contributed by atoms with van der Waals surface area (Å²) < 4.78 is 1.98. The summed E-state index contributed by atoms with van der Waals surface area (Å²) in [6, 6.07) is 10.1. The predicted molar refractivity (Wildman–Crippen MR) is 88.7 cm³/mol. The Morgan fingerprint density at radius 2 is 1.96 bits per heavy atom. The summed E-state index contributed by atoms with van der Waals surface area (Å²) in [5.41, 5.74) is 4.90. The van der Waals surface area contributed by atoms with Gasteiger partial charge in [0.2, 0.25) is 0 Å². The number of para-hydroxylation sites is 1. The molecule has 1 aliphatic carbocycles. The molecule has 0 radical (unpaired) electrons. The molecule has 2 aromatic rings. The predicted octanol–water partition coefficient (Wildman–Crippen LogP) is 3.42. The standard InChI is InChI=1S/C18H21N3O2/c1-12-17-15(20-23-13(2)22)10-18(3,4)11-16(17)21(19-12)14-8-6-5-7-9-14/h5-9H,10-11H2,1-4H3/b20-15+. The average molecular weight is 311 g/mol. The first kappa shape index (κ1) is 15.5. The van der Waals surface area contributed by atoms with Crippen LogP contribution in [0.4, 0.5) is 0 Å². The molecular formula is C18H21N3O2. The normalized spacial score (nSPS) is 17.8. The van der Waals surface area contributed by atoms with Crippen LogP contribution in [-0.2, 0) is 16.1 Å². The van der Waals surface area contributed by atoms with E-state index in [2.05, 4.69) is 19.0 Å². The largest absolute Gasteiger partial charge is 0.331 e. The lowest BCUT2D eigenvalue weighted by Gasteiger charge is -2.30. The zero-order chi connectivity index (χ0) is 16.6. The molecule has 0 N–H and O–H groups in total. The lowest BCUT2D eigenvalue weighted by molar-refractivity contribution is -0.140. The molecule has 120 valence electrons. The monoisotopic (exact) mass is 311 g/mol. The first-order valence-electron chi connectivity index (χ1n) is 7.76. The lowest BCUT2D eigenvalue weighted by Crippen LogP contribution is -2.29. The first-order chi connectivity index (χ1) is 10.9. The molecule has 0 bridgehead atoms. The van der Waals surface area contributed by atoms with E-state index in [4.69, 9.17) is 9.94 Å². The summed E-state index contributed by atoms with van der Waals surface area (Å²) in [5.74, 6) is -0.407. The van der Waals surface area contributed by atoms with Crippen LogP contribution in [0.2, 0.25) is 0 Å². The van der Waals surface area contributed by atoms with Crippen LogP contribution in [0.1, 0.15) is 44.1 Å². The summed E-state index contributed by atoms with van der Waals surface area (Å²) in [6.45, 7) is 7.72. The Hall–Kier alpha value is -2.43. The highest BCUT2D eigenvalue weighted by Gasteiger charge is 2.35. The van der Waals surface area contributed by atoms with Crippen molar-refractivity contribution in [2.45, 2.75) is 40.5 Å². The van der Waals surface area contributed by atoms with Gasteiger partial charge in [0, 0.05) is 12.5 Å². The summed E-state index contributed by atoms with van der Waals surface area (Å²) in [7, 11) is 0. The zero-order valence-electron chi connectivity index (χ0n) is 14.0. The maximum atomic E-state index is 11.1. The summed E-state index contributed by atoms with van der Waals surface area (Å²) in [5, 5.41) is 8.80. The van der Waals surface area contributed by atoms with E-state index in [0.717, 1.165) is 41.2 Å². The fourth-order valence-corrected chi connectivity index (χ4v) is 3.15. The number of hydrogen-bond acceptors (Lipinski definition) is 4. The topological polar surface area (TPSA) is 56.5 Å². The number of hydrogen-bond donors (Lipinski definition) is 0. The number of nitrogens with zero attached hydrogens (tertiary/aromatic N) is 3. The van der Waals surface area contributed by atoms with Crippen molar-refractivity contribution in [3.05, 3.63) is 47.3 Å². The van der Waals surface area contributed by atoms with Gasteiger partial charge in [-0.1, -0.05) is 37.2 Å². The van der Waals surface area contributed by atoms with E-state index in [1.807, 2.05) is 41.9 Å². The third kappa shape index (κ3) is 3.04. The molecule has 5 heteroatoms. The van der Waals surface area contributed by atoms with E-state index in [-0.39, 0.29) is 5.41 Å². The van der Waals surface area contributed by atoms with Crippen molar-refractivity contribution in [1.82, 2.24) is 9.78 Å². The van der Waals surface area contributed by atoms with Gasteiger partial charge in [-0.05, 0) is 37.3 Å². The fourth-order valence-electron chi connectivity index (χ4n) is 3.15. The molecule has 0 aliphatic heterocycles. The Labute approximate surface area is 135 Å².